The third-order valence-electron chi connectivity index (χ3n) is 8.19. The van der Waals surface area contributed by atoms with Gasteiger partial charge in [0.2, 0.25) is 5.91 Å². The molecule has 0 saturated carbocycles. The molecule has 9 nitrogen and oxygen atoms in total. The fourth-order valence-corrected chi connectivity index (χ4v) is 6.28. The molecule has 1 unspecified atom stereocenters. The number of amides is 1. The quantitative estimate of drug-likeness (QED) is 0.286. The molecule has 0 bridgehead atoms. The minimum atomic E-state index is -2.72. The number of hydrogen-bond donors (Lipinski definition) is 1. The molecule has 6 rings (SSSR count). The number of halogens is 4. The van der Waals surface area contributed by atoms with E-state index >= 15 is 4.39 Å². The van der Waals surface area contributed by atoms with Gasteiger partial charge >= 0.3 is 6.01 Å². The number of carbonyl (C=O) groups is 1. The lowest BCUT2D eigenvalue weighted by molar-refractivity contribution is -0.128. The Morgan fingerprint density at radius 1 is 1.26 bits per heavy atom. The van der Waals surface area contributed by atoms with Crippen molar-refractivity contribution in [1.82, 2.24) is 30.0 Å². The number of alkyl halides is 2. The lowest BCUT2D eigenvalue weighted by Crippen LogP contribution is -2.54. The van der Waals surface area contributed by atoms with Crippen LogP contribution in [0.15, 0.2) is 37.1 Å². The van der Waals surface area contributed by atoms with Crippen LogP contribution in [0.1, 0.15) is 18.9 Å². The Hall–Kier alpha value is -3.90. The molecule has 13 heteroatoms. The predicted octanol–water partition coefficient (Wildman–Crippen LogP) is 5.22. The molecule has 2 aromatic heterocycles. The summed E-state index contributed by atoms with van der Waals surface area (Å²) in [5.41, 5.74) is 2.20. The first kappa shape index (κ1) is 29.2. The van der Waals surface area contributed by atoms with Crippen LogP contribution in [0.2, 0.25) is 5.02 Å². The number of aromatic amines is 1. The molecule has 4 heterocycles. The van der Waals surface area contributed by atoms with Crippen LogP contribution in [0.3, 0.4) is 0 Å². The van der Waals surface area contributed by atoms with Gasteiger partial charge in [0.25, 0.3) is 5.92 Å². The molecule has 0 aliphatic carbocycles. The van der Waals surface area contributed by atoms with Gasteiger partial charge in [-0.1, -0.05) is 30.3 Å². The third-order valence-corrected chi connectivity index (χ3v) is 8.49. The Morgan fingerprint density at radius 3 is 2.79 bits per heavy atom. The van der Waals surface area contributed by atoms with Gasteiger partial charge in [-0.15, -0.1) is 0 Å². The van der Waals surface area contributed by atoms with Gasteiger partial charge < -0.3 is 14.5 Å². The molecular formula is C30H31ClF3N7O2. The number of rotatable bonds is 7. The van der Waals surface area contributed by atoms with E-state index < -0.39 is 11.7 Å². The first-order valence-electron chi connectivity index (χ1n) is 14.1. The van der Waals surface area contributed by atoms with Crippen molar-refractivity contribution in [2.75, 3.05) is 50.8 Å². The second-order valence-corrected chi connectivity index (χ2v) is 11.5. The summed E-state index contributed by atoms with van der Waals surface area (Å²) in [5.74, 6) is -3.12. The average Bonchev–Trinajstić information content (AvgIpc) is 3.59. The molecule has 1 N–H and O–H groups in total. The van der Waals surface area contributed by atoms with Gasteiger partial charge in [0.15, 0.2) is 5.82 Å². The monoisotopic (exact) mass is 613 g/mol. The Bertz CT molecular complexity index is 1730. The van der Waals surface area contributed by atoms with Crippen molar-refractivity contribution in [2.24, 2.45) is 0 Å². The molecule has 2 aliphatic rings. The van der Waals surface area contributed by atoms with Gasteiger partial charge in [-0.25, -0.2) is 13.2 Å². The van der Waals surface area contributed by atoms with Crippen LogP contribution in [0.5, 0.6) is 6.01 Å². The number of nitrogens with one attached hydrogen (secondary N) is 1. The SMILES string of the molecule is C=CC(=O)N1CCN(c2nc(OCCN3CCC(F)(F)C3)nc3c(F)c(-c4c(C)ccc5cn[nH]c45)c(Cl)cc23)CC1C. The maximum atomic E-state index is 16.7. The highest BCUT2D eigenvalue weighted by atomic mass is 35.5. The third kappa shape index (κ3) is 5.49. The van der Waals surface area contributed by atoms with Crippen LogP contribution >= 0.6 is 11.6 Å². The van der Waals surface area contributed by atoms with Gasteiger partial charge in [-0.2, -0.15) is 15.1 Å². The number of hydrogen-bond acceptors (Lipinski definition) is 7. The zero-order valence-electron chi connectivity index (χ0n) is 23.8. The Morgan fingerprint density at radius 2 is 2.07 bits per heavy atom. The standard InChI is InChI=1S/C30H31ClF3N7O2/c1-4-22(42)41-10-9-40(15-18(41)3)28-20-13-21(31)24(23-17(2)5-6-19-14-35-38-26(19)23)25(32)27(20)36-29(37-28)43-12-11-39-8-7-30(33,34)16-39/h4-6,13-14,18H,1,7-12,15-16H2,2-3H3,(H,35,38). The van der Waals surface area contributed by atoms with E-state index in [0.29, 0.717) is 41.9 Å². The normalized spacial score (nSPS) is 19.0. The van der Waals surface area contributed by atoms with Gasteiger partial charge in [0.05, 0.1) is 23.3 Å². The molecule has 0 spiro atoms. The fourth-order valence-electron chi connectivity index (χ4n) is 5.99. The molecule has 4 aromatic rings. The number of ether oxygens (including phenoxy) is 1. The summed E-state index contributed by atoms with van der Waals surface area (Å²) in [4.78, 5) is 26.7. The van der Waals surface area contributed by atoms with Gasteiger partial charge in [-0.05, 0) is 31.6 Å². The maximum Gasteiger partial charge on any atom is 0.319 e. The van der Waals surface area contributed by atoms with E-state index in [-0.39, 0.29) is 66.7 Å². The molecule has 2 aromatic carbocycles. The molecule has 2 aliphatic heterocycles. The van der Waals surface area contributed by atoms with Crippen LogP contribution in [0.4, 0.5) is 19.0 Å². The number of piperazine rings is 1. The van der Waals surface area contributed by atoms with E-state index in [2.05, 4.69) is 26.7 Å². The molecule has 2 saturated heterocycles. The number of carbonyl (C=O) groups excluding carboxylic acids is 1. The van der Waals surface area contributed by atoms with Gasteiger partial charge in [0, 0.05) is 67.1 Å². The first-order valence-corrected chi connectivity index (χ1v) is 14.5. The summed E-state index contributed by atoms with van der Waals surface area (Å²) in [6, 6.07) is 5.17. The van der Waals surface area contributed by atoms with Crippen LogP contribution in [-0.4, -0.2) is 93.7 Å². The number of benzene rings is 2. The summed E-state index contributed by atoms with van der Waals surface area (Å²) in [7, 11) is 0. The van der Waals surface area contributed by atoms with Crippen LogP contribution in [0.25, 0.3) is 32.9 Å². The van der Waals surface area contributed by atoms with Gasteiger partial charge in [0.1, 0.15) is 17.9 Å². The van der Waals surface area contributed by atoms with Crippen molar-refractivity contribution in [3.05, 3.63) is 53.5 Å². The maximum absolute atomic E-state index is 16.7. The predicted molar refractivity (Wildman–Crippen MR) is 159 cm³/mol. The van der Waals surface area contributed by atoms with Crippen molar-refractivity contribution in [2.45, 2.75) is 32.2 Å². The van der Waals surface area contributed by atoms with Crippen LogP contribution < -0.4 is 9.64 Å². The van der Waals surface area contributed by atoms with E-state index in [4.69, 9.17) is 16.3 Å². The number of fused-ring (bicyclic) bond motifs is 2. The van der Waals surface area contributed by atoms with Crippen molar-refractivity contribution >= 4 is 45.1 Å². The molecule has 43 heavy (non-hydrogen) atoms. The number of anilines is 1. The molecule has 1 amide bonds. The Balaban J connectivity index is 1.42. The molecular weight excluding hydrogens is 583 g/mol. The van der Waals surface area contributed by atoms with E-state index in [1.807, 2.05) is 30.9 Å². The summed E-state index contributed by atoms with van der Waals surface area (Å²) < 4.78 is 49.9. The Labute approximate surface area is 251 Å². The largest absolute Gasteiger partial charge is 0.462 e. The zero-order valence-corrected chi connectivity index (χ0v) is 24.6. The zero-order chi connectivity index (χ0) is 30.5. The summed E-state index contributed by atoms with van der Waals surface area (Å²) in [5, 5.41) is 8.44. The number of H-pyrrole nitrogens is 1. The van der Waals surface area contributed by atoms with Gasteiger partial charge in [-0.3, -0.25) is 14.8 Å². The average molecular weight is 614 g/mol. The second-order valence-electron chi connectivity index (χ2n) is 11.1. The van der Waals surface area contributed by atoms with Crippen molar-refractivity contribution in [3.63, 3.8) is 0 Å². The first-order chi connectivity index (χ1) is 20.6. The smallest absolute Gasteiger partial charge is 0.319 e. The van der Waals surface area contributed by atoms with Crippen molar-refractivity contribution < 1.29 is 22.7 Å². The highest BCUT2D eigenvalue weighted by molar-refractivity contribution is 6.35. The minimum Gasteiger partial charge on any atom is -0.462 e. The summed E-state index contributed by atoms with van der Waals surface area (Å²) in [6.07, 6.45) is 2.75. The second kappa shape index (κ2) is 11.3. The van der Waals surface area contributed by atoms with E-state index in [1.54, 1.807) is 22.1 Å². The Kier molecular flexibility index (Phi) is 7.67. The van der Waals surface area contributed by atoms with E-state index in [1.165, 1.54) is 6.08 Å². The highest BCUT2D eigenvalue weighted by Crippen LogP contribution is 2.42. The van der Waals surface area contributed by atoms with E-state index in [0.717, 1.165) is 10.9 Å². The van der Waals surface area contributed by atoms with Crippen LogP contribution in [-0.2, 0) is 4.79 Å². The van der Waals surface area contributed by atoms with Crippen molar-refractivity contribution in [3.8, 4) is 17.1 Å². The summed E-state index contributed by atoms with van der Waals surface area (Å²) >= 11 is 6.81. The summed E-state index contributed by atoms with van der Waals surface area (Å²) in [6.45, 7) is 8.85. The van der Waals surface area contributed by atoms with Crippen molar-refractivity contribution in [1.29, 1.82) is 0 Å². The topological polar surface area (TPSA) is 90.5 Å². The van der Waals surface area contributed by atoms with E-state index in [9.17, 15) is 13.6 Å². The molecule has 1 atom stereocenters. The molecule has 2 fully saturated rings. The van der Waals surface area contributed by atoms with Crippen LogP contribution in [0, 0.1) is 12.7 Å². The minimum absolute atomic E-state index is 0.0141. The fraction of sp³-hybridized carbons (Fsp3) is 0.400. The highest BCUT2D eigenvalue weighted by Gasteiger charge is 2.38. The number of aryl methyl sites for hydroxylation is 1. The lowest BCUT2D eigenvalue weighted by atomic mass is 9.96. The molecule has 226 valence electrons. The number of likely N-dealkylation sites (tertiary alicyclic amines) is 1. The number of aromatic nitrogens is 4. The lowest BCUT2D eigenvalue weighted by Gasteiger charge is -2.40. The number of nitrogens with zero attached hydrogens (tertiary/aromatic N) is 6. The molecule has 0 radical (unpaired) electrons.